The molecular formula is C12H16N2O4S. The average Bonchev–Trinajstić information content (AvgIpc) is 2.86. The fraction of sp³-hybridized carbons (Fsp3) is 0.500. The molecule has 1 atom stereocenters. The lowest BCUT2D eigenvalue weighted by Crippen LogP contribution is -2.47. The van der Waals surface area contributed by atoms with Gasteiger partial charge in [0.15, 0.2) is 5.76 Å². The number of nitrogens with zero attached hydrogens (tertiary/aromatic N) is 1. The van der Waals surface area contributed by atoms with Crippen LogP contribution in [-0.2, 0) is 11.3 Å². The Morgan fingerprint density at radius 1 is 1.53 bits per heavy atom. The van der Waals surface area contributed by atoms with Crippen molar-refractivity contribution in [1.82, 2.24) is 4.90 Å². The zero-order valence-electron chi connectivity index (χ0n) is 10.4. The summed E-state index contributed by atoms with van der Waals surface area (Å²) in [6.45, 7) is 0.780. The van der Waals surface area contributed by atoms with Crippen molar-refractivity contribution >= 4 is 23.6 Å². The Morgan fingerprint density at radius 3 is 2.95 bits per heavy atom. The van der Waals surface area contributed by atoms with Crippen molar-refractivity contribution in [3.63, 3.8) is 0 Å². The van der Waals surface area contributed by atoms with Crippen LogP contribution >= 0.6 is 11.8 Å². The minimum absolute atomic E-state index is 0.0385. The quantitative estimate of drug-likeness (QED) is 0.847. The summed E-state index contributed by atoms with van der Waals surface area (Å²) in [4.78, 5) is 24.7. The molecule has 1 aromatic heterocycles. The molecule has 3 N–H and O–H groups in total. The molecule has 0 saturated carbocycles. The molecule has 0 radical (unpaired) electrons. The van der Waals surface area contributed by atoms with Gasteiger partial charge in [-0.15, -0.1) is 0 Å². The lowest BCUT2D eigenvalue weighted by atomic mass is 10.2. The van der Waals surface area contributed by atoms with E-state index in [1.807, 2.05) is 0 Å². The lowest BCUT2D eigenvalue weighted by molar-refractivity contribution is -0.138. The topological polar surface area (TPSA) is 96.8 Å². The first-order chi connectivity index (χ1) is 9.11. The van der Waals surface area contributed by atoms with Gasteiger partial charge in [-0.1, -0.05) is 0 Å². The maximum Gasteiger partial charge on any atom is 0.305 e. The summed E-state index contributed by atoms with van der Waals surface area (Å²) in [5.41, 5.74) is 5.44. The molecule has 7 heteroatoms. The van der Waals surface area contributed by atoms with E-state index in [4.69, 9.17) is 15.3 Å². The number of hydrogen-bond acceptors (Lipinski definition) is 5. The van der Waals surface area contributed by atoms with Gasteiger partial charge in [-0.05, 0) is 12.1 Å². The normalized spacial score (nSPS) is 19.4. The van der Waals surface area contributed by atoms with Crippen LogP contribution in [0.3, 0.4) is 0 Å². The Kier molecular flexibility index (Phi) is 4.49. The van der Waals surface area contributed by atoms with Crippen LogP contribution in [0.1, 0.15) is 22.7 Å². The maximum absolute atomic E-state index is 12.3. The molecule has 0 spiro atoms. The number of carbonyl (C=O) groups is 2. The van der Waals surface area contributed by atoms with Gasteiger partial charge in [0, 0.05) is 18.1 Å². The van der Waals surface area contributed by atoms with Crippen LogP contribution in [0.4, 0.5) is 0 Å². The summed E-state index contributed by atoms with van der Waals surface area (Å²) < 4.78 is 5.33. The SMILES string of the molecule is NCc1ccc(C(=O)N2CCSCC2CC(=O)O)o1. The molecule has 1 aliphatic rings. The van der Waals surface area contributed by atoms with Crippen molar-refractivity contribution in [3.8, 4) is 0 Å². The van der Waals surface area contributed by atoms with Crippen LogP contribution < -0.4 is 5.73 Å². The first kappa shape index (κ1) is 14.0. The Labute approximate surface area is 114 Å². The summed E-state index contributed by atoms with van der Waals surface area (Å²) >= 11 is 1.66. The number of aliphatic carboxylic acids is 1. The molecule has 104 valence electrons. The van der Waals surface area contributed by atoms with Gasteiger partial charge < -0.3 is 20.2 Å². The van der Waals surface area contributed by atoms with E-state index in [9.17, 15) is 9.59 Å². The number of hydrogen-bond donors (Lipinski definition) is 2. The highest BCUT2D eigenvalue weighted by Crippen LogP contribution is 2.22. The summed E-state index contributed by atoms with van der Waals surface area (Å²) in [5, 5.41) is 8.89. The fourth-order valence-electron chi connectivity index (χ4n) is 2.04. The van der Waals surface area contributed by atoms with Crippen LogP contribution in [0.25, 0.3) is 0 Å². The van der Waals surface area contributed by atoms with Crippen molar-refractivity contribution in [2.75, 3.05) is 18.1 Å². The molecule has 1 fully saturated rings. The fourth-order valence-corrected chi connectivity index (χ4v) is 3.10. The zero-order valence-corrected chi connectivity index (χ0v) is 11.2. The molecule has 6 nitrogen and oxygen atoms in total. The van der Waals surface area contributed by atoms with E-state index < -0.39 is 5.97 Å². The minimum atomic E-state index is -0.896. The number of rotatable bonds is 4. The van der Waals surface area contributed by atoms with Gasteiger partial charge in [0.05, 0.1) is 19.0 Å². The largest absolute Gasteiger partial charge is 0.481 e. The molecule has 2 rings (SSSR count). The number of thioether (sulfide) groups is 1. The first-order valence-electron chi connectivity index (χ1n) is 6.01. The highest BCUT2D eigenvalue weighted by atomic mass is 32.2. The Balaban J connectivity index is 2.12. The van der Waals surface area contributed by atoms with Crippen molar-refractivity contribution in [3.05, 3.63) is 23.7 Å². The van der Waals surface area contributed by atoms with E-state index in [0.717, 1.165) is 5.75 Å². The highest BCUT2D eigenvalue weighted by molar-refractivity contribution is 7.99. The Morgan fingerprint density at radius 2 is 2.32 bits per heavy atom. The second-order valence-corrected chi connectivity index (χ2v) is 5.45. The van der Waals surface area contributed by atoms with E-state index in [1.54, 1.807) is 28.8 Å². The minimum Gasteiger partial charge on any atom is -0.481 e. The van der Waals surface area contributed by atoms with Crippen molar-refractivity contribution in [2.45, 2.75) is 19.0 Å². The second-order valence-electron chi connectivity index (χ2n) is 4.30. The summed E-state index contributed by atoms with van der Waals surface area (Å²) in [7, 11) is 0. The Hall–Kier alpha value is -1.47. The monoisotopic (exact) mass is 284 g/mol. The molecule has 0 aromatic carbocycles. The highest BCUT2D eigenvalue weighted by Gasteiger charge is 2.30. The molecule has 0 bridgehead atoms. The first-order valence-corrected chi connectivity index (χ1v) is 7.16. The molecule has 1 aliphatic heterocycles. The molecular weight excluding hydrogens is 268 g/mol. The molecule has 1 amide bonds. The number of nitrogens with two attached hydrogens (primary N) is 1. The van der Waals surface area contributed by atoms with Crippen LogP contribution in [0.2, 0.25) is 0 Å². The van der Waals surface area contributed by atoms with Gasteiger partial charge in [-0.25, -0.2) is 0 Å². The van der Waals surface area contributed by atoms with E-state index in [1.165, 1.54) is 0 Å². The number of carboxylic acid groups (broad SMARTS) is 1. The third-order valence-corrected chi connectivity index (χ3v) is 4.06. The van der Waals surface area contributed by atoms with Gasteiger partial charge in [0.1, 0.15) is 5.76 Å². The van der Waals surface area contributed by atoms with E-state index in [-0.39, 0.29) is 30.7 Å². The van der Waals surface area contributed by atoms with E-state index in [2.05, 4.69) is 0 Å². The van der Waals surface area contributed by atoms with Crippen LogP contribution in [-0.4, -0.2) is 46.0 Å². The van der Waals surface area contributed by atoms with Gasteiger partial charge in [0.25, 0.3) is 5.91 Å². The number of carboxylic acids is 1. The van der Waals surface area contributed by atoms with Crippen molar-refractivity contribution < 1.29 is 19.1 Å². The molecule has 1 aromatic rings. The van der Waals surface area contributed by atoms with Gasteiger partial charge in [0.2, 0.25) is 0 Å². The summed E-state index contributed by atoms with van der Waals surface area (Å²) in [6.07, 6.45) is -0.0385. The average molecular weight is 284 g/mol. The van der Waals surface area contributed by atoms with Gasteiger partial charge in [-0.3, -0.25) is 9.59 Å². The molecule has 1 saturated heterocycles. The third-order valence-electron chi connectivity index (χ3n) is 2.97. The van der Waals surface area contributed by atoms with Gasteiger partial charge >= 0.3 is 5.97 Å². The number of furan rings is 1. The van der Waals surface area contributed by atoms with Gasteiger partial charge in [-0.2, -0.15) is 11.8 Å². The molecule has 19 heavy (non-hydrogen) atoms. The third kappa shape index (κ3) is 3.30. The lowest BCUT2D eigenvalue weighted by Gasteiger charge is -2.33. The number of amides is 1. The zero-order chi connectivity index (χ0) is 13.8. The van der Waals surface area contributed by atoms with Crippen LogP contribution in [0.5, 0.6) is 0 Å². The molecule has 2 heterocycles. The predicted octanol–water partition coefficient (Wildman–Crippen LogP) is 0.771. The number of carbonyl (C=O) groups excluding carboxylic acids is 1. The van der Waals surface area contributed by atoms with Crippen molar-refractivity contribution in [1.29, 1.82) is 0 Å². The predicted molar refractivity (Wildman–Crippen MR) is 71.0 cm³/mol. The maximum atomic E-state index is 12.3. The van der Waals surface area contributed by atoms with Crippen LogP contribution in [0, 0.1) is 0 Å². The molecule has 1 unspecified atom stereocenters. The standard InChI is InChI=1S/C12H16N2O4S/c13-6-9-1-2-10(18-9)12(17)14-3-4-19-7-8(14)5-11(15)16/h1-2,8H,3-7,13H2,(H,15,16). The summed E-state index contributed by atoms with van der Waals surface area (Å²) in [6, 6.07) is 2.97. The van der Waals surface area contributed by atoms with E-state index in [0.29, 0.717) is 18.1 Å². The molecule has 0 aliphatic carbocycles. The summed E-state index contributed by atoms with van der Waals surface area (Å²) in [5.74, 6) is 1.07. The van der Waals surface area contributed by atoms with Crippen molar-refractivity contribution in [2.24, 2.45) is 5.73 Å². The second kappa shape index (κ2) is 6.12. The van der Waals surface area contributed by atoms with Crippen LogP contribution in [0.15, 0.2) is 16.5 Å². The smallest absolute Gasteiger partial charge is 0.305 e. The van der Waals surface area contributed by atoms with E-state index >= 15 is 0 Å². The Bertz CT molecular complexity index is 474.